The minimum Gasteiger partial charge on any atom is -0.476 e. The number of fused-ring (bicyclic) bond motifs is 1. The van der Waals surface area contributed by atoms with Gasteiger partial charge in [0.1, 0.15) is 6.23 Å². The maximum Gasteiger partial charge on any atom is 0.245 e. The van der Waals surface area contributed by atoms with Crippen LogP contribution in [0.25, 0.3) is 21.6 Å². The molecule has 0 amide bonds. The fourth-order valence-electron chi connectivity index (χ4n) is 2.62. The molecule has 3 atom stereocenters. The second-order valence-corrected chi connectivity index (χ2v) is 4.96. The molecule has 0 saturated carbocycles. The highest BCUT2D eigenvalue weighted by Crippen LogP contribution is 2.35. The minimum absolute atomic E-state index is 0.0683. The second-order valence-electron chi connectivity index (χ2n) is 4.96. The van der Waals surface area contributed by atoms with Gasteiger partial charge in [-0.1, -0.05) is 5.11 Å². The number of hydrogen-bond donors (Lipinski definition) is 2. The van der Waals surface area contributed by atoms with E-state index in [1.54, 1.807) is 10.9 Å². The van der Waals surface area contributed by atoms with E-state index in [2.05, 4.69) is 25.0 Å². The molecule has 1 aliphatic rings. The predicted molar refractivity (Wildman–Crippen MR) is 79.5 cm³/mol. The normalized spacial score (nSPS) is 23.8. The first kappa shape index (κ1) is 15.3. The van der Waals surface area contributed by atoms with Crippen LogP contribution in [0.1, 0.15) is 19.6 Å². The zero-order valence-electron chi connectivity index (χ0n) is 12.4. The molecule has 1 saturated heterocycles. The number of azide groups is 1. The van der Waals surface area contributed by atoms with Crippen LogP contribution in [-0.4, -0.2) is 50.0 Å². The van der Waals surface area contributed by atoms with Crippen LogP contribution in [0.2, 0.25) is 0 Å². The van der Waals surface area contributed by atoms with Crippen LogP contribution in [0.5, 0.6) is 5.88 Å². The Morgan fingerprint density at radius 3 is 3.13 bits per heavy atom. The molecule has 0 aromatic carbocycles. The van der Waals surface area contributed by atoms with E-state index >= 15 is 0 Å². The Bertz CT molecular complexity index is 756. The molecule has 3 N–H and O–H groups in total. The Labute approximate surface area is 130 Å². The highest BCUT2D eigenvalue weighted by molar-refractivity contribution is 5.77. The van der Waals surface area contributed by atoms with Crippen LogP contribution in [-0.2, 0) is 4.74 Å². The Morgan fingerprint density at radius 1 is 1.61 bits per heavy atom. The zero-order chi connectivity index (χ0) is 16.4. The number of ether oxygens (including phenoxy) is 2. The number of nitrogens with zero attached hydrogens (tertiary/aromatic N) is 7. The van der Waals surface area contributed by atoms with Crippen LogP contribution < -0.4 is 10.5 Å². The van der Waals surface area contributed by atoms with E-state index in [9.17, 15) is 5.11 Å². The lowest BCUT2D eigenvalue weighted by Gasteiger charge is -2.15. The van der Waals surface area contributed by atoms with Crippen LogP contribution >= 0.6 is 0 Å². The smallest absolute Gasteiger partial charge is 0.245 e. The molecule has 11 nitrogen and oxygen atoms in total. The van der Waals surface area contributed by atoms with Crippen molar-refractivity contribution in [1.82, 2.24) is 19.5 Å². The number of rotatable bonds is 5. The predicted octanol–water partition coefficient (Wildman–Crippen LogP) is 0.766. The van der Waals surface area contributed by atoms with Gasteiger partial charge in [-0.05, 0) is 12.5 Å². The van der Waals surface area contributed by atoms with Crippen molar-refractivity contribution in [2.75, 3.05) is 18.9 Å². The quantitative estimate of drug-likeness (QED) is 0.467. The van der Waals surface area contributed by atoms with Gasteiger partial charge in [-0.3, -0.25) is 4.57 Å². The molecule has 1 fully saturated rings. The summed E-state index contributed by atoms with van der Waals surface area (Å²) in [4.78, 5) is 15.2. The molecule has 0 aliphatic carbocycles. The van der Waals surface area contributed by atoms with Gasteiger partial charge in [0.25, 0.3) is 0 Å². The number of aliphatic hydroxyl groups excluding tert-OH is 1. The average molecular weight is 320 g/mol. The first-order chi connectivity index (χ1) is 11.2. The first-order valence-corrected chi connectivity index (χ1v) is 7.11. The molecule has 0 bridgehead atoms. The number of imidazole rings is 1. The topological polar surface area (TPSA) is 157 Å². The maximum absolute atomic E-state index is 9.37. The van der Waals surface area contributed by atoms with Crippen LogP contribution in [0.15, 0.2) is 11.4 Å². The molecule has 3 rings (SSSR count). The van der Waals surface area contributed by atoms with Gasteiger partial charge >= 0.3 is 0 Å². The fourth-order valence-corrected chi connectivity index (χ4v) is 2.62. The van der Waals surface area contributed by atoms with Gasteiger partial charge < -0.3 is 20.3 Å². The molecule has 0 radical (unpaired) electrons. The van der Waals surface area contributed by atoms with Gasteiger partial charge in [0.2, 0.25) is 11.8 Å². The molecular weight excluding hydrogens is 304 g/mol. The van der Waals surface area contributed by atoms with Gasteiger partial charge in [0, 0.05) is 11.3 Å². The first-order valence-electron chi connectivity index (χ1n) is 7.11. The monoisotopic (exact) mass is 320 g/mol. The number of aliphatic hydroxyl groups is 1. The van der Waals surface area contributed by atoms with Gasteiger partial charge in [0.05, 0.1) is 31.7 Å². The van der Waals surface area contributed by atoms with Crippen molar-refractivity contribution in [2.45, 2.75) is 31.7 Å². The summed E-state index contributed by atoms with van der Waals surface area (Å²) < 4.78 is 13.0. The molecular formula is C12H16N8O3. The SMILES string of the molecule is CCOc1nc(N)nc2ncn([C@H]3CC(N=[N+]=[N-])[C@@H](CO)O3)c12. The van der Waals surface area contributed by atoms with E-state index in [0.717, 1.165) is 0 Å². The third kappa shape index (κ3) is 2.72. The van der Waals surface area contributed by atoms with Crippen LogP contribution in [0, 0.1) is 0 Å². The molecule has 3 heterocycles. The van der Waals surface area contributed by atoms with Gasteiger partial charge in [-0.2, -0.15) is 9.97 Å². The summed E-state index contributed by atoms with van der Waals surface area (Å²) in [5, 5.41) is 13.0. The molecule has 23 heavy (non-hydrogen) atoms. The standard InChI is InChI=1S/C12H16N8O3/c1-2-22-11-9-10(16-12(13)17-11)15-5-20(9)8-3-6(18-19-14)7(4-21)23-8/h5-8,21H,2-4H2,1H3,(H2,13,16,17)/t6?,7-,8-/m1/s1. The third-order valence-corrected chi connectivity index (χ3v) is 3.59. The summed E-state index contributed by atoms with van der Waals surface area (Å²) in [6.45, 7) is 1.99. The number of anilines is 1. The molecule has 11 heteroatoms. The number of aromatic nitrogens is 4. The molecule has 1 unspecified atom stereocenters. The maximum atomic E-state index is 9.37. The van der Waals surface area contributed by atoms with Crippen molar-refractivity contribution in [2.24, 2.45) is 5.11 Å². The Hall–Kier alpha value is -2.62. The van der Waals surface area contributed by atoms with E-state index in [1.165, 1.54) is 0 Å². The van der Waals surface area contributed by atoms with Crippen molar-refractivity contribution in [3.63, 3.8) is 0 Å². The summed E-state index contributed by atoms with van der Waals surface area (Å²) in [5.74, 6) is 0.377. The van der Waals surface area contributed by atoms with Crippen molar-refractivity contribution in [3.05, 3.63) is 16.8 Å². The lowest BCUT2D eigenvalue weighted by molar-refractivity contribution is -0.0232. The second kappa shape index (κ2) is 6.24. The van der Waals surface area contributed by atoms with Crippen LogP contribution in [0.4, 0.5) is 5.95 Å². The van der Waals surface area contributed by atoms with E-state index in [-0.39, 0.29) is 12.6 Å². The highest BCUT2D eigenvalue weighted by atomic mass is 16.5. The summed E-state index contributed by atoms with van der Waals surface area (Å²) in [5.41, 5.74) is 15.2. The van der Waals surface area contributed by atoms with Gasteiger partial charge in [-0.15, -0.1) is 0 Å². The zero-order valence-corrected chi connectivity index (χ0v) is 12.4. The van der Waals surface area contributed by atoms with E-state index < -0.39 is 18.4 Å². The Balaban J connectivity index is 2.02. The van der Waals surface area contributed by atoms with Crippen molar-refractivity contribution in [3.8, 4) is 5.88 Å². The molecule has 122 valence electrons. The van der Waals surface area contributed by atoms with E-state index in [1.807, 2.05) is 6.92 Å². The fraction of sp³-hybridized carbons (Fsp3) is 0.583. The summed E-state index contributed by atoms with van der Waals surface area (Å²) >= 11 is 0. The number of nitrogens with two attached hydrogens (primary N) is 1. The van der Waals surface area contributed by atoms with E-state index in [4.69, 9.17) is 20.7 Å². The Morgan fingerprint density at radius 2 is 2.43 bits per heavy atom. The summed E-state index contributed by atoms with van der Waals surface area (Å²) in [7, 11) is 0. The van der Waals surface area contributed by atoms with Crippen LogP contribution in [0.3, 0.4) is 0 Å². The van der Waals surface area contributed by atoms with E-state index in [0.29, 0.717) is 30.1 Å². The Kier molecular flexibility index (Phi) is 4.15. The molecule has 1 aliphatic heterocycles. The van der Waals surface area contributed by atoms with Crippen molar-refractivity contribution >= 4 is 17.1 Å². The number of hydrogen-bond acceptors (Lipinski definition) is 8. The highest BCUT2D eigenvalue weighted by Gasteiger charge is 2.36. The number of nitrogen functional groups attached to an aromatic ring is 1. The summed E-state index contributed by atoms with van der Waals surface area (Å²) in [6, 6.07) is -0.460. The lowest BCUT2D eigenvalue weighted by atomic mass is 10.1. The largest absolute Gasteiger partial charge is 0.476 e. The van der Waals surface area contributed by atoms with Crippen molar-refractivity contribution < 1.29 is 14.6 Å². The third-order valence-electron chi connectivity index (χ3n) is 3.59. The molecule has 2 aromatic rings. The average Bonchev–Trinajstić information content (AvgIpc) is 3.11. The van der Waals surface area contributed by atoms with Gasteiger partial charge in [-0.25, -0.2) is 4.98 Å². The van der Waals surface area contributed by atoms with Gasteiger partial charge in [0.15, 0.2) is 11.2 Å². The summed E-state index contributed by atoms with van der Waals surface area (Å²) in [6.07, 6.45) is 0.896. The lowest BCUT2D eigenvalue weighted by Crippen LogP contribution is -2.22. The molecule has 0 spiro atoms. The van der Waals surface area contributed by atoms with Crippen molar-refractivity contribution in [1.29, 1.82) is 0 Å². The molecule has 2 aromatic heterocycles. The minimum atomic E-state index is -0.571.